The third-order valence-electron chi connectivity index (χ3n) is 3.72. The normalized spacial score (nSPS) is 15.0. The number of nitrogens with zero attached hydrogens (tertiary/aromatic N) is 7. The molecule has 22 heavy (non-hydrogen) atoms. The van der Waals surface area contributed by atoms with Gasteiger partial charge in [-0.2, -0.15) is 4.98 Å². The maximum atomic E-state index is 4.60. The van der Waals surface area contributed by atoms with Gasteiger partial charge in [-0.1, -0.05) is 0 Å². The van der Waals surface area contributed by atoms with Crippen LogP contribution in [0.4, 0.5) is 17.6 Å². The SMILES string of the molecule is Cc1nccc(N2CCN(c3ccnc(N(C)C)n3)CC2)n1. The Bertz CT molecular complexity index is 635. The van der Waals surface area contributed by atoms with Gasteiger partial charge in [-0.3, -0.25) is 0 Å². The van der Waals surface area contributed by atoms with Crippen LogP contribution in [0.15, 0.2) is 24.5 Å². The van der Waals surface area contributed by atoms with Crippen LogP contribution in [0.2, 0.25) is 0 Å². The Morgan fingerprint density at radius 2 is 1.41 bits per heavy atom. The first-order valence-electron chi connectivity index (χ1n) is 7.43. The molecule has 7 nitrogen and oxygen atoms in total. The highest BCUT2D eigenvalue weighted by Gasteiger charge is 2.19. The molecule has 0 amide bonds. The second-order valence-electron chi connectivity index (χ2n) is 5.55. The number of piperazine rings is 1. The lowest BCUT2D eigenvalue weighted by molar-refractivity contribution is 0.639. The highest BCUT2D eigenvalue weighted by atomic mass is 15.3. The molecule has 3 heterocycles. The summed E-state index contributed by atoms with van der Waals surface area (Å²) in [5.74, 6) is 3.54. The highest BCUT2D eigenvalue weighted by Crippen LogP contribution is 2.18. The molecule has 1 aliphatic heterocycles. The first-order chi connectivity index (χ1) is 10.6. The first-order valence-corrected chi connectivity index (χ1v) is 7.43. The number of anilines is 3. The maximum Gasteiger partial charge on any atom is 0.226 e. The summed E-state index contributed by atoms with van der Waals surface area (Å²) in [6, 6.07) is 3.94. The van der Waals surface area contributed by atoms with E-state index in [2.05, 4.69) is 29.7 Å². The fourth-order valence-corrected chi connectivity index (χ4v) is 2.52. The molecule has 116 valence electrons. The molecule has 0 bridgehead atoms. The smallest absolute Gasteiger partial charge is 0.226 e. The van der Waals surface area contributed by atoms with Gasteiger partial charge >= 0.3 is 0 Å². The van der Waals surface area contributed by atoms with Crippen molar-refractivity contribution in [3.05, 3.63) is 30.4 Å². The molecular formula is C15H21N7. The lowest BCUT2D eigenvalue weighted by atomic mass is 10.3. The van der Waals surface area contributed by atoms with Crippen LogP contribution in [0.25, 0.3) is 0 Å². The van der Waals surface area contributed by atoms with Crippen LogP contribution in [0.5, 0.6) is 0 Å². The molecule has 0 spiro atoms. The molecule has 2 aromatic heterocycles. The second kappa shape index (κ2) is 6.13. The molecule has 1 aliphatic rings. The molecular weight excluding hydrogens is 278 g/mol. The van der Waals surface area contributed by atoms with Gasteiger partial charge in [0.05, 0.1) is 0 Å². The number of rotatable bonds is 3. The van der Waals surface area contributed by atoms with E-state index in [1.54, 1.807) is 0 Å². The summed E-state index contributed by atoms with van der Waals surface area (Å²) in [7, 11) is 3.91. The number of hydrogen-bond donors (Lipinski definition) is 0. The molecule has 0 aliphatic carbocycles. The zero-order valence-corrected chi connectivity index (χ0v) is 13.3. The highest BCUT2D eigenvalue weighted by molar-refractivity contribution is 5.46. The Morgan fingerprint density at radius 1 is 0.864 bits per heavy atom. The Balaban J connectivity index is 1.68. The van der Waals surface area contributed by atoms with E-state index in [4.69, 9.17) is 0 Å². The van der Waals surface area contributed by atoms with Crippen LogP contribution in [-0.2, 0) is 0 Å². The molecule has 0 radical (unpaired) electrons. The van der Waals surface area contributed by atoms with E-state index in [-0.39, 0.29) is 0 Å². The maximum absolute atomic E-state index is 4.60. The van der Waals surface area contributed by atoms with Gasteiger partial charge in [0.15, 0.2) is 0 Å². The van der Waals surface area contributed by atoms with Crippen LogP contribution in [0.3, 0.4) is 0 Å². The van der Waals surface area contributed by atoms with E-state index in [9.17, 15) is 0 Å². The summed E-state index contributed by atoms with van der Waals surface area (Å²) in [5, 5.41) is 0. The number of hydrogen-bond acceptors (Lipinski definition) is 7. The van der Waals surface area contributed by atoms with Gasteiger partial charge in [0, 0.05) is 52.7 Å². The first kappa shape index (κ1) is 14.5. The van der Waals surface area contributed by atoms with Crippen molar-refractivity contribution in [2.24, 2.45) is 0 Å². The molecule has 0 unspecified atom stereocenters. The van der Waals surface area contributed by atoms with Crippen molar-refractivity contribution in [1.29, 1.82) is 0 Å². The summed E-state index contributed by atoms with van der Waals surface area (Å²) in [6.45, 7) is 5.62. The van der Waals surface area contributed by atoms with Crippen molar-refractivity contribution in [2.75, 3.05) is 55.0 Å². The van der Waals surface area contributed by atoms with Crippen molar-refractivity contribution >= 4 is 17.6 Å². The van der Waals surface area contributed by atoms with Crippen LogP contribution in [0, 0.1) is 6.92 Å². The van der Waals surface area contributed by atoms with E-state index >= 15 is 0 Å². The predicted molar refractivity (Wildman–Crippen MR) is 87.6 cm³/mol. The van der Waals surface area contributed by atoms with Gasteiger partial charge in [0.2, 0.25) is 5.95 Å². The van der Waals surface area contributed by atoms with E-state index in [0.717, 1.165) is 49.6 Å². The Kier molecular flexibility index (Phi) is 4.04. The number of aryl methyl sites for hydroxylation is 1. The molecule has 0 aromatic carbocycles. The van der Waals surface area contributed by atoms with Crippen LogP contribution < -0.4 is 14.7 Å². The number of aromatic nitrogens is 4. The topological polar surface area (TPSA) is 61.3 Å². The van der Waals surface area contributed by atoms with Gasteiger partial charge < -0.3 is 14.7 Å². The quantitative estimate of drug-likeness (QED) is 0.836. The van der Waals surface area contributed by atoms with E-state index in [1.165, 1.54) is 0 Å². The van der Waals surface area contributed by atoms with Crippen molar-refractivity contribution in [3.63, 3.8) is 0 Å². The van der Waals surface area contributed by atoms with E-state index in [0.29, 0.717) is 0 Å². The Labute approximate surface area is 130 Å². The van der Waals surface area contributed by atoms with Crippen molar-refractivity contribution in [3.8, 4) is 0 Å². The third-order valence-corrected chi connectivity index (χ3v) is 3.72. The van der Waals surface area contributed by atoms with E-state index < -0.39 is 0 Å². The van der Waals surface area contributed by atoms with Gasteiger partial charge in [-0.15, -0.1) is 0 Å². The van der Waals surface area contributed by atoms with Gasteiger partial charge in [0.1, 0.15) is 17.5 Å². The summed E-state index contributed by atoms with van der Waals surface area (Å²) in [5.41, 5.74) is 0. The molecule has 2 aromatic rings. The van der Waals surface area contributed by atoms with Crippen LogP contribution >= 0.6 is 0 Å². The van der Waals surface area contributed by atoms with Crippen LogP contribution in [0.1, 0.15) is 5.82 Å². The lowest BCUT2D eigenvalue weighted by Crippen LogP contribution is -2.47. The summed E-state index contributed by atoms with van der Waals surface area (Å²) < 4.78 is 0. The monoisotopic (exact) mass is 299 g/mol. The van der Waals surface area contributed by atoms with Crippen molar-refractivity contribution in [1.82, 2.24) is 19.9 Å². The molecule has 0 atom stereocenters. The van der Waals surface area contributed by atoms with Crippen molar-refractivity contribution < 1.29 is 0 Å². The summed E-state index contributed by atoms with van der Waals surface area (Å²) in [4.78, 5) is 24.0. The third kappa shape index (κ3) is 3.08. The summed E-state index contributed by atoms with van der Waals surface area (Å²) in [6.07, 6.45) is 3.63. The minimum atomic E-state index is 0.742. The molecule has 1 fully saturated rings. The van der Waals surface area contributed by atoms with Gasteiger partial charge in [-0.25, -0.2) is 15.0 Å². The van der Waals surface area contributed by atoms with Crippen molar-refractivity contribution in [2.45, 2.75) is 6.92 Å². The largest absolute Gasteiger partial charge is 0.353 e. The minimum absolute atomic E-state index is 0.742. The average molecular weight is 299 g/mol. The standard InChI is InChI=1S/C15H21N7/c1-12-16-6-4-13(18-12)21-8-10-22(11-9-21)14-5-7-17-15(19-14)20(2)3/h4-7H,8-11H2,1-3H3. The fourth-order valence-electron chi connectivity index (χ4n) is 2.52. The summed E-state index contributed by atoms with van der Waals surface area (Å²) >= 11 is 0. The zero-order chi connectivity index (χ0) is 15.5. The molecule has 1 saturated heterocycles. The average Bonchev–Trinajstić information content (AvgIpc) is 2.55. The minimum Gasteiger partial charge on any atom is -0.353 e. The second-order valence-corrected chi connectivity index (χ2v) is 5.55. The van der Waals surface area contributed by atoms with Crippen LogP contribution in [-0.4, -0.2) is 60.2 Å². The Hall–Kier alpha value is -2.44. The predicted octanol–water partition coefficient (Wildman–Crippen LogP) is 0.968. The lowest BCUT2D eigenvalue weighted by Gasteiger charge is -2.36. The molecule has 3 rings (SSSR count). The molecule has 0 N–H and O–H groups in total. The fraction of sp³-hybridized carbons (Fsp3) is 0.467. The van der Waals surface area contributed by atoms with Gasteiger partial charge in [-0.05, 0) is 19.1 Å². The van der Waals surface area contributed by atoms with E-state index in [1.807, 2.05) is 50.4 Å². The molecule has 0 saturated carbocycles. The zero-order valence-electron chi connectivity index (χ0n) is 13.3. The molecule has 7 heteroatoms. The van der Waals surface area contributed by atoms with Gasteiger partial charge in [0.25, 0.3) is 0 Å². The Morgan fingerprint density at radius 3 is 1.95 bits per heavy atom.